The SMILES string of the molecule is Cc1cc(F)ccc1NC(=O)[C@H]1CCc2sc(C(=O)N3CCCC3)cc2C1. The summed E-state index contributed by atoms with van der Waals surface area (Å²) in [6.07, 6.45) is 4.43. The van der Waals surface area contributed by atoms with Crippen molar-refractivity contribution in [3.63, 3.8) is 0 Å². The van der Waals surface area contributed by atoms with Gasteiger partial charge in [-0.05, 0) is 74.4 Å². The molecule has 1 aromatic heterocycles. The maximum atomic E-state index is 13.2. The quantitative estimate of drug-likeness (QED) is 0.860. The summed E-state index contributed by atoms with van der Waals surface area (Å²) in [5.41, 5.74) is 2.50. The Morgan fingerprint density at radius 1 is 1.22 bits per heavy atom. The van der Waals surface area contributed by atoms with E-state index in [1.165, 1.54) is 17.0 Å². The zero-order valence-corrected chi connectivity index (χ0v) is 16.2. The van der Waals surface area contributed by atoms with Crippen LogP contribution in [0.1, 0.15) is 44.9 Å². The molecule has 1 fully saturated rings. The van der Waals surface area contributed by atoms with Crippen molar-refractivity contribution in [3.05, 3.63) is 51.0 Å². The van der Waals surface area contributed by atoms with E-state index in [9.17, 15) is 14.0 Å². The third kappa shape index (κ3) is 3.76. The lowest BCUT2D eigenvalue weighted by molar-refractivity contribution is -0.120. The topological polar surface area (TPSA) is 49.4 Å². The van der Waals surface area contributed by atoms with Gasteiger partial charge in [0.25, 0.3) is 5.91 Å². The third-order valence-electron chi connectivity index (χ3n) is 5.50. The van der Waals surface area contributed by atoms with Crippen molar-refractivity contribution in [1.82, 2.24) is 4.90 Å². The van der Waals surface area contributed by atoms with Crippen LogP contribution in [0.25, 0.3) is 0 Å². The highest BCUT2D eigenvalue weighted by atomic mass is 32.1. The largest absolute Gasteiger partial charge is 0.338 e. The smallest absolute Gasteiger partial charge is 0.263 e. The molecule has 1 aliphatic heterocycles. The summed E-state index contributed by atoms with van der Waals surface area (Å²) in [5, 5.41) is 2.93. The Balaban J connectivity index is 1.44. The van der Waals surface area contributed by atoms with Crippen LogP contribution < -0.4 is 5.32 Å². The standard InChI is InChI=1S/C21H23FN2O2S/c1-13-10-16(22)5-6-17(13)23-20(25)14-4-7-18-15(11-14)12-19(27-18)21(26)24-8-2-3-9-24/h5-6,10,12,14H,2-4,7-9,11H2,1H3,(H,23,25)/t14-/m0/s1. The van der Waals surface area contributed by atoms with E-state index in [-0.39, 0.29) is 23.5 Å². The van der Waals surface area contributed by atoms with E-state index in [1.54, 1.807) is 24.3 Å². The van der Waals surface area contributed by atoms with E-state index in [2.05, 4.69) is 5.32 Å². The lowest BCUT2D eigenvalue weighted by atomic mass is 9.87. The van der Waals surface area contributed by atoms with E-state index < -0.39 is 0 Å². The lowest BCUT2D eigenvalue weighted by Gasteiger charge is -2.21. The highest BCUT2D eigenvalue weighted by Crippen LogP contribution is 2.34. The Hall–Kier alpha value is -2.21. The fourth-order valence-electron chi connectivity index (χ4n) is 3.93. The molecule has 142 valence electrons. The van der Waals surface area contributed by atoms with Gasteiger partial charge in [-0.25, -0.2) is 4.39 Å². The van der Waals surface area contributed by atoms with Crippen LogP contribution in [0.3, 0.4) is 0 Å². The lowest BCUT2D eigenvalue weighted by Crippen LogP contribution is -2.28. The van der Waals surface area contributed by atoms with Crippen LogP contribution in [0.5, 0.6) is 0 Å². The molecule has 1 N–H and O–H groups in total. The minimum atomic E-state index is -0.304. The predicted molar refractivity (Wildman–Crippen MR) is 105 cm³/mol. The first-order valence-electron chi connectivity index (χ1n) is 9.49. The van der Waals surface area contributed by atoms with E-state index in [4.69, 9.17) is 0 Å². The first kappa shape index (κ1) is 18.2. The zero-order valence-electron chi connectivity index (χ0n) is 15.4. The summed E-state index contributed by atoms with van der Waals surface area (Å²) in [4.78, 5) is 29.3. The van der Waals surface area contributed by atoms with Crippen molar-refractivity contribution in [1.29, 1.82) is 0 Å². The number of halogens is 1. The molecule has 4 rings (SSSR count). The summed E-state index contributed by atoms with van der Waals surface area (Å²) in [7, 11) is 0. The number of rotatable bonds is 3. The molecule has 2 amide bonds. The van der Waals surface area contributed by atoms with Crippen molar-refractivity contribution in [2.24, 2.45) is 5.92 Å². The van der Waals surface area contributed by atoms with Crippen molar-refractivity contribution in [2.75, 3.05) is 18.4 Å². The molecular formula is C21H23FN2O2S. The number of nitrogens with one attached hydrogen (secondary N) is 1. The number of thiophene rings is 1. The zero-order chi connectivity index (χ0) is 19.0. The van der Waals surface area contributed by atoms with Gasteiger partial charge in [0.05, 0.1) is 4.88 Å². The van der Waals surface area contributed by atoms with Gasteiger partial charge < -0.3 is 10.2 Å². The Morgan fingerprint density at radius 3 is 2.74 bits per heavy atom. The molecule has 1 aromatic carbocycles. The molecule has 1 aliphatic carbocycles. The average Bonchev–Trinajstić information content (AvgIpc) is 3.32. The summed E-state index contributed by atoms with van der Waals surface area (Å²) >= 11 is 1.59. The molecule has 27 heavy (non-hydrogen) atoms. The maximum Gasteiger partial charge on any atom is 0.263 e. The van der Waals surface area contributed by atoms with Gasteiger partial charge in [0.1, 0.15) is 5.82 Å². The third-order valence-corrected chi connectivity index (χ3v) is 6.73. The second kappa shape index (κ2) is 7.43. The van der Waals surface area contributed by atoms with E-state index in [0.717, 1.165) is 49.2 Å². The van der Waals surface area contributed by atoms with Gasteiger partial charge in [-0.2, -0.15) is 0 Å². The van der Waals surface area contributed by atoms with Crippen LogP contribution in [0.2, 0.25) is 0 Å². The Labute approximate surface area is 162 Å². The second-order valence-corrected chi connectivity index (χ2v) is 8.58. The molecule has 0 saturated carbocycles. The Kier molecular flexibility index (Phi) is 5.00. The minimum absolute atomic E-state index is 0.0334. The highest BCUT2D eigenvalue weighted by Gasteiger charge is 2.29. The summed E-state index contributed by atoms with van der Waals surface area (Å²) < 4.78 is 13.2. The number of benzene rings is 1. The molecule has 2 aliphatic rings. The van der Waals surface area contributed by atoms with Gasteiger partial charge in [-0.3, -0.25) is 9.59 Å². The molecule has 2 aromatic rings. The van der Waals surface area contributed by atoms with Gasteiger partial charge in [-0.1, -0.05) is 0 Å². The number of fused-ring (bicyclic) bond motifs is 1. The minimum Gasteiger partial charge on any atom is -0.338 e. The number of nitrogens with zero attached hydrogens (tertiary/aromatic N) is 1. The molecule has 4 nitrogen and oxygen atoms in total. The number of aryl methyl sites for hydroxylation is 2. The first-order valence-corrected chi connectivity index (χ1v) is 10.3. The number of anilines is 1. The van der Waals surface area contributed by atoms with Crippen LogP contribution in [-0.4, -0.2) is 29.8 Å². The second-order valence-electron chi connectivity index (χ2n) is 7.45. The Morgan fingerprint density at radius 2 is 2.00 bits per heavy atom. The van der Waals surface area contributed by atoms with Gasteiger partial charge in [0.2, 0.25) is 5.91 Å². The number of likely N-dealkylation sites (tertiary alicyclic amines) is 1. The van der Waals surface area contributed by atoms with Crippen LogP contribution >= 0.6 is 11.3 Å². The van der Waals surface area contributed by atoms with Crippen LogP contribution in [0.4, 0.5) is 10.1 Å². The molecule has 0 unspecified atom stereocenters. The maximum absolute atomic E-state index is 13.2. The number of hydrogen-bond donors (Lipinski definition) is 1. The van der Waals surface area contributed by atoms with Crippen molar-refractivity contribution < 1.29 is 14.0 Å². The fourth-order valence-corrected chi connectivity index (χ4v) is 5.11. The summed E-state index contributed by atoms with van der Waals surface area (Å²) in [5.74, 6) is -0.323. The van der Waals surface area contributed by atoms with Gasteiger partial charge in [0.15, 0.2) is 0 Å². The van der Waals surface area contributed by atoms with E-state index in [1.807, 2.05) is 11.0 Å². The van der Waals surface area contributed by atoms with Crippen molar-refractivity contribution in [2.45, 2.75) is 39.0 Å². The van der Waals surface area contributed by atoms with Crippen molar-refractivity contribution >= 4 is 28.8 Å². The number of hydrogen-bond acceptors (Lipinski definition) is 3. The predicted octanol–water partition coefficient (Wildman–Crippen LogP) is 4.18. The fraction of sp³-hybridized carbons (Fsp3) is 0.429. The average molecular weight is 386 g/mol. The summed E-state index contributed by atoms with van der Waals surface area (Å²) in [6, 6.07) is 6.37. The van der Waals surface area contributed by atoms with Crippen LogP contribution in [0, 0.1) is 18.7 Å². The highest BCUT2D eigenvalue weighted by molar-refractivity contribution is 7.14. The molecule has 1 saturated heterocycles. The molecule has 6 heteroatoms. The number of amides is 2. The Bertz CT molecular complexity index is 886. The molecular weight excluding hydrogens is 363 g/mol. The number of carbonyl (C=O) groups is 2. The molecule has 2 heterocycles. The molecule has 0 spiro atoms. The van der Waals surface area contributed by atoms with Crippen LogP contribution in [-0.2, 0) is 17.6 Å². The van der Waals surface area contributed by atoms with Gasteiger partial charge in [0, 0.05) is 29.6 Å². The van der Waals surface area contributed by atoms with E-state index >= 15 is 0 Å². The first-order chi connectivity index (χ1) is 13.0. The normalized spacial score (nSPS) is 19.0. The van der Waals surface area contributed by atoms with E-state index in [0.29, 0.717) is 17.7 Å². The number of carbonyl (C=O) groups excluding carboxylic acids is 2. The van der Waals surface area contributed by atoms with Crippen molar-refractivity contribution in [3.8, 4) is 0 Å². The summed E-state index contributed by atoms with van der Waals surface area (Å²) in [6.45, 7) is 3.49. The van der Waals surface area contributed by atoms with Gasteiger partial charge >= 0.3 is 0 Å². The molecule has 0 bridgehead atoms. The monoisotopic (exact) mass is 386 g/mol. The van der Waals surface area contributed by atoms with Crippen LogP contribution in [0.15, 0.2) is 24.3 Å². The molecule has 0 radical (unpaired) electrons. The van der Waals surface area contributed by atoms with Gasteiger partial charge in [-0.15, -0.1) is 11.3 Å². The molecule has 1 atom stereocenters.